The van der Waals surface area contributed by atoms with E-state index in [2.05, 4.69) is 5.32 Å². The van der Waals surface area contributed by atoms with Crippen molar-refractivity contribution in [3.8, 4) is 0 Å². The van der Waals surface area contributed by atoms with Crippen LogP contribution in [0.2, 0.25) is 0 Å². The van der Waals surface area contributed by atoms with Crippen molar-refractivity contribution in [2.24, 2.45) is 0 Å². The summed E-state index contributed by atoms with van der Waals surface area (Å²) in [5.41, 5.74) is 1.87. The second-order valence-electron chi connectivity index (χ2n) is 6.08. The first-order valence-electron chi connectivity index (χ1n) is 8.29. The molecule has 3 amide bonds. The maximum atomic E-state index is 12.5. The molecule has 142 valence electrons. The van der Waals surface area contributed by atoms with Crippen molar-refractivity contribution in [1.82, 2.24) is 4.90 Å². The Morgan fingerprint density at radius 3 is 2.46 bits per heavy atom. The van der Waals surface area contributed by atoms with Crippen molar-refractivity contribution in [3.63, 3.8) is 0 Å². The highest BCUT2D eigenvalue weighted by atomic mass is 32.2. The van der Waals surface area contributed by atoms with Gasteiger partial charge in [0.25, 0.3) is 11.1 Å². The molecule has 3 rings (SSSR count). The summed E-state index contributed by atoms with van der Waals surface area (Å²) < 4.78 is 0. The van der Waals surface area contributed by atoms with Crippen molar-refractivity contribution in [1.29, 1.82) is 0 Å². The Morgan fingerprint density at radius 1 is 1.11 bits per heavy atom. The predicted molar refractivity (Wildman–Crippen MR) is 106 cm³/mol. The SMILES string of the molecule is Cc1ccc(/C=C2\SC(=O)N(CC(=O)Nc3ccccc3C(=O)O)C2=O)cc1. The van der Waals surface area contributed by atoms with Crippen LogP contribution in [0.25, 0.3) is 6.08 Å². The lowest BCUT2D eigenvalue weighted by Gasteiger charge is -2.13. The molecule has 8 heteroatoms. The molecular formula is C20H16N2O5S. The predicted octanol–water partition coefficient (Wildman–Crippen LogP) is 3.37. The number of aromatic carboxylic acids is 1. The Kier molecular flexibility index (Phi) is 5.60. The lowest BCUT2D eigenvalue weighted by Crippen LogP contribution is -2.36. The Bertz CT molecular complexity index is 998. The number of amides is 3. The molecule has 2 N–H and O–H groups in total. The van der Waals surface area contributed by atoms with Gasteiger partial charge < -0.3 is 10.4 Å². The molecule has 0 atom stereocenters. The van der Waals surface area contributed by atoms with Gasteiger partial charge in [0.15, 0.2) is 0 Å². The third kappa shape index (κ3) is 4.29. The van der Waals surface area contributed by atoms with Crippen LogP contribution in [-0.4, -0.2) is 39.6 Å². The third-order valence-electron chi connectivity index (χ3n) is 3.98. The zero-order valence-electron chi connectivity index (χ0n) is 14.8. The van der Waals surface area contributed by atoms with Crippen molar-refractivity contribution in [2.45, 2.75) is 6.92 Å². The second-order valence-corrected chi connectivity index (χ2v) is 7.07. The molecular weight excluding hydrogens is 380 g/mol. The van der Waals surface area contributed by atoms with E-state index < -0.39 is 29.6 Å². The van der Waals surface area contributed by atoms with Crippen molar-refractivity contribution in [2.75, 3.05) is 11.9 Å². The normalized spacial score (nSPS) is 15.2. The Hall–Kier alpha value is -3.39. The van der Waals surface area contributed by atoms with Crippen LogP contribution < -0.4 is 5.32 Å². The van der Waals surface area contributed by atoms with Crippen LogP contribution in [0.5, 0.6) is 0 Å². The van der Waals surface area contributed by atoms with Gasteiger partial charge in [-0.2, -0.15) is 0 Å². The fourth-order valence-electron chi connectivity index (χ4n) is 2.56. The summed E-state index contributed by atoms with van der Waals surface area (Å²) in [5.74, 6) is -2.41. The molecule has 28 heavy (non-hydrogen) atoms. The number of carbonyl (C=O) groups is 4. The van der Waals surface area contributed by atoms with Gasteiger partial charge in [0.2, 0.25) is 5.91 Å². The van der Waals surface area contributed by atoms with E-state index in [-0.39, 0.29) is 16.2 Å². The van der Waals surface area contributed by atoms with E-state index in [4.69, 9.17) is 5.11 Å². The van der Waals surface area contributed by atoms with Crippen molar-refractivity contribution < 1.29 is 24.3 Å². The number of para-hydroxylation sites is 1. The summed E-state index contributed by atoms with van der Waals surface area (Å²) >= 11 is 0.762. The van der Waals surface area contributed by atoms with Gasteiger partial charge in [-0.15, -0.1) is 0 Å². The number of hydrogen-bond acceptors (Lipinski definition) is 5. The molecule has 1 aliphatic rings. The number of hydrogen-bond donors (Lipinski definition) is 2. The van der Waals surface area contributed by atoms with Crippen LogP contribution in [0.1, 0.15) is 21.5 Å². The molecule has 7 nitrogen and oxygen atoms in total. The van der Waals surface area contributed by atoms with Crippen LogP contribution in [0.4, 0.5) is 10.5 Å². The number of nitrogens with one attached hydrogen (secondary N) is 1. The van der Waals surface area contributed by atoms with Gasteiger partial charge in [0.05, 0.1) is 16.2 Å². The van der Waals surface area contributed by atoms with E-state index in [1.165, 1.54) is 18.2 Å². The zero-order chi connectivity index (χ0) is 20.3. The van der Waals surface area contributed by atoms with Gasteiger partial charge in [-0.3, -0.25) is 19.3 Å². The van der Waals surface area contributed by atoms with Crippen LogP contribution >= 0.6 is 11.8 Å². The maximum absolute atomic E-state index is 12.5. The highest BCUT2D eigenvalue weighted by molar-refractivity contribution is 8.18. The average Bonchev–Trinajstić information content (AvgIpc) is 2.91. The maximum Gasteiger partial charge on any atom is 0.337 e. The van der Waals surface area contributed by atoms with Crippen LogP contribution in [0.15, 0.2) is 53.4 Å². The van der Waals surface area contributed by atoms with Crippen LogP contribution in [0.3, 0.4) is 0 Å². The number of rotatable bonds is 5. The molecule has 2 aromatic rings. The Labute approximate surface area is 165 Å². The molecule has 0 saturated carbocycles. The summed E-state index contributed by atoms with van der Waals surface area (Å²) in [6, 6.07) is 13.3. The number of thioether (sulfide) groups is 1. The van der Waals surface area contributed by atoms with Crippen molar-refractivity contribution in [3.05, 3.63) is 70.1 Å². The molecule has 1 fully saturated rings. The van der Waals surface area contributed by atoms with Gasteiger partial charge >= 0.3 is 5.97 Å². The number of anilines is 1. The van der Waals surface area contributed by atoms with Crippen molar-refractivity contribution >= 4 is 46.5 Å². The minimum Gasteiger partial charge on any atom is -0.478 e. The average molecular weight is 396 g/mol. The van der Waals surface area contributed by atoms with Crippen LogP contribution in [-0.2, 0) is 9.59 Å². The first-order valence-corrected chi connectivity index (χ1v) is 9.11. The summed E-state index contributed by atoms with van der Waals surface area (Å²) in [7, 11) is 0. The van der Waals surface area contributed by atoms with Gasteiger partial charge in [-0.25, -0.2) is 4.79 Å². The zero-order valence-corrected chi connectivity index (χ0v) is 15.7. The molecule has 0 spiro atoms. The molecule has 2 aromatic carbocycles. The number of aryl methyl sites for hydroxylation is 1. The van der Waals surface area contributed by atoms with Gasteiger partial charge in [-0.05, 0) is 42.5 Å². The first-order chi connectivity index (χ1) is 13.3. The summed E-state index contributed by atoms with van der Waals surface area (Å²) in [6.45, 7) is 1.45. The lowest BCUT2D eigenvalue weighted by molar-refractivity contribution is -0.127. The minimum atomic E-state index is -1.19. The van der Waals surface area contributed by atoms with E-state index in [0.29, 0.717) is 0 Å². The standard InChI is InChI=1S/C20H16N2O5S/c1-12-6-8-13(9-7-12)10-16-18(24)22(20(27)28-16)11-17(23)21-15-5-3-2-4-14(15)19(25)26/h2-10H,11H2,1H3,(H,21,23)(H,25,26)/b16-10-. The van der Waals surface area contributed by atoms with Gasteiger partial charge in [-0.1, -0.05) is 42.0 Å². The number of nitrogens with zero attached hydrogens (tertiary/aromatic N) is 1. The van der Waals surface area contributed by atoms with E-state index in [1.807, 2.05) is 31.2 Å². The molecule has 0 bridgehead atoms. The van der Waals surface area contributed by atoms with E-state index in [1.54, 1.807) is 12.1 Å². The van der Waals surface area contributed by atoms with Gasteiger partial charge in [0, 0.05) is 0 Å². The summed E-state index contributed by atoms with van der Waals surface area (Å²) in [6.07, 6.45) is 1.60. The topological polar surface area (TPSA) is 104 Å². The molecule has 1 heterocycles. The first kappa shape index (κ1) is 19.4. The van der Waals surface area contributed by atoms with Crippen LogP contribution in [0, 0.1) is 6.92 Å². The van der Waals surface area contributed by atoms with E-state index >= 15 is 0 Å². The number of imide groups is 1. The smallest absolute Gasteiger partial charge is 0.337 e. The molecule has 1 aliphatic heterocycles. The Balaban J connectivity index is 1.71. The summed E-state index contributed by atoms with van der Waals surface area (Å²) in [5, 5.41) is 11.0. The fourth-order valence-corrected chi connectivity index (χ4v) is 3.40. The van der Waals surface area contributed by atoms with E-state index in [9.17, 15) is 19.2 Å². The molecule has 0 radical (unpaired) electrons. The minimum absolute atomic E-state index is 0.0794. The quantitative estimate of drug-likeness (QED) is 0.751. The van der Waals surface area contributed by atoms with Gasteiger partial charge in [0.1, 0.15) is 6.54 Å². The lowest BCUT2D eigenvalue weighted by atomic mass is 10.1. The number of carboxylic acid groups (broad SMARTS) is 1. The molecule has 0 aromatic heterocycles. The third-order valence-corrected chi connectivity index (χ3v) is 4.89. The highest BCUT2D eigenvalue weighted by Crippen LogP contribution is 2.32. The molecule has 0 unspecified atom stereocenters. The van der Waals surface area contributed by atoms with E-state index in [0.717, 1.165) is 27.8 Å². The largest absolute Gasteiger partial charge is 0.478 e. The number of benzene rings is 2. The fraction of sp³-hybridized carbons (Fsp3) is 0.100. The highest BCUT2D eigenvalue weighted by Gasteiger charge is 2.36. The number of carbonyl (C=O) groups excluding carboxylic acids is 3. The number of carboxylic acids is 1. The Morgan fingerprint density at radius 2 is 1.79 bits per heavy atom. The monoisotopic (exact) mass is 396 g/mol. The molecule has 1 saturated heterocycles. The second kappa shape index (κ2) is 8.10. The molecule has 0 aliphatic carbocycles. The summed E-state index contributed by atoms with van der Waals surface area (Å²) in [4.78, 5) is 49.2.